The Hall–Kier alpha value is -0.950. The van der Waals surface area contributed by atoms with Crippen LogP contribution in [0, 0.1) is 5.41 Å². The van der Waals surface area contributed by atoms with Crippen molar-refractivity contribution in [2.75, 3.05) is 33.0 Å². The number of esters is 1. The first-order chi connectivity index (χ1) is 8.06. The first-order valence-corrected chi connectivity index (χ1v) is 5.29. The topological polar surface area (TPSA) is 96.2 Å². The maximum absolute atomic E-state index is 10.7. The molecule has 17 heavy (non-hydrogen) atoms. The molecule has 0 aromatic carbocycles. The van der Waals surface area contributed by atoms with Crippen LogP contribution in [-0.4, -0.2) is 60.4 Å². The lowest BCUT2D eigenvalue weighted by molar-refractivity contribution is -0.144. The van der Waals surface area contributed by atoms with Gasteiger partial charge in [0.1, 0.15) is 6.61 Å². The molecule has 0 radical (unpaired) electrons. The highest BCUT2D eigenvalue weighted by molar-refractivity contribution is 5.81. The predicted molar refractivity (Wildman–Crippen MR) is 60.3 cm³/mol. The normalized spacial score (nSPS) is 13.2. The molecule has 0 fully saturated rings. The van der Waals surface area contributed by atoms with Crippen molar-refractivity contribution < 1.29 is 29.6 Å². The van der Waals surface area contributed by atoms with E-state index in [0.717, 1.165) is 6.08 Å². The highest BCUT2D eigenvalue weighted by atomic mass is 16.6. The highest BCUT2D eigenvalue weighted by Crippen LogP contribution is 2.22. The number of ether oxygens (including phenoxy) is 2. The fourth-order valence-electron chi connectivity index (χ4n) is 1.14. The third kappa shape index (κ3) is 4.82. The van der Waals surface area contributed by atoms with E-state index >= 15 is 0 Å². The maximum atomic E-state index is 10.7. The molecule has 0 heterocycles. The Labute approximate surface area is 100 Å². The largest absolute Gasteiger partial charge is 0.460 e. The summed E-state index contributed by atoms with van der Waals surface area (Å²) in [6.45, 7) is 3.84. The van der Waals surface area contributed by atoms with Crippen LogP contribution in [0.3, 0.4) is 0 Å². The average Bonchev–Trinajstić information content (AvgIpc) is 2.37. The summed E-state index contributed by atoms with van der Waals surface area (Å²) < 4.78 is 9.97. The first-order valence-electron chi connectivity index (χ1n) is 5.29. The summed E-state index contributed by atoms with van der Waals surface area (Å²) in [4.78, 5) is 10.7. The molecule has 0 aromatic heterocycles. The SMILES string of the molecule is C=CC(=O)OCCOC(C)C(CO)(CO)CO. The summed E-state index contributed by atoms with van der Waals surface area (Å²) >= 11 is 0. The van der Waals surface area contributed by atoms with E-state index in [1.54, 1.807) is 6.92 Å². The number of carbonyl (C=O) groups is 1. The molecule has 0 saturated carbocycles. The summed E-state index contributed by atoms with van der Waals surface area (Å²) in [5.41, 5.74) is -1.09. The smallest absolute Gasteiger partial charge is 0.330 e. The molecule has 0 aliphatic heterocycles. The zero-order valence-electron chi connectivity index (χ0n) is 9.96. The van der Waals surface area contributed by atoms with Crippen molar-refractivity contribution in [2.45, 2.75) is 13.0 Å². The van der Waals surface area contributed by atoms with E-state index in [0.29, 0.717) is 0 Å². The molecule has 0 saturated heterocycles. The van der Waals surface area contributed by atoms with E-state index in [2.05, 4.69) is 11.3 Å². The molecule has 1 atom stereocenters. The minimum absolute atomic E-state index is 0.0492. The molecular weight excluding hydrogens is 228 g/mol. The van der Waals surface area contributed by atoms with Crippen LogP contribution in [0.15, 0.2) is 12.7 Å². The molecule has 6 nitrogen and oxygen atoms in total. The van der Waals surface area contributed by atoms with Gasteiger partial charge in [0.15, 0.2) is 0 Å². The zero-order chi connectivity index (χ0) is 13.3. The van der Waals surface area contributed by atoms with Gasteiger partial charge < -0.3 is 24.8 Å². The van der Waals surface area contributed by atoms with Gasteiger partial charge in [-0.15, -0.1) is 0 Å². The number of aliphatic hydroxyl groups is 3. The standard InChI is InChI=1S/C11H20O6/c1-3-10(15)17-5-4-16-9(2)11(6-12,7-13)8-14/h3,9,12-14H,1,4-8H2,2H3. The first kappa shape index (κ1) is 16.1. The Morgan fingerprint density at radius 2 is 1.82 bits per heavy atom. The van der Waals surface area contributed by atoms with Crippen LogP contribution >= 0.6 is 0 Å². The lowest BCUT2D eigenvalue weighted by Gasteiger charge is -2.33. The molecular formula is C11H20O6. The van der Waals surface area contributed by atoms with Crippen molar-refractivity contribution in [3.05, 3.63) is 12.7 Å². The van der Waals surface area contributed by atoms with E-state index < -0.39 is 37.3 Å². The third-order valence-corrected chi connectivity index (χ3v) is 2.67. The second kappa shape index (κ2) is 8.19. The van der Waals surface area contributed by atoms with Crippen molar-refractivity contribution in [2.24, 2.45) is 5.41 Å². The van der Waals surface area contributed by atoms with Gasteiger partial charge in [0, 0.05) is 6.08 Å². The van der Waals surface area contributed by atoms with Crippen molar-refractivity contribution in [3.63, 3.8) is 0 Å². The summed E-state index contributed by atoms with van der Waals surface area (Å²) in [6.07, 6.45) is 0.480. The van der Waals surface area contributed by atoms with E-state index in [4.69, 9.17) is 20.1 Å². The van der Waals surface area contributed by atoms with Gasteiger partial charge in [-0.2, -0.15) is 0 Å². The van der Waals surface area contributed by atoms with Crippen LogP contribution in [-0.2, 0) is 14.3 Å². The van der Waals surface area contributed by atoms with Crippen molar-refractivity contribution in [1.82, 2.24) is 0 Å². The monoisotopic (exact) mass is 248 g/mol. The van der Waals surface area contributed by atoms with E-state index in [1.165, 1.54) is 0 Å². The molecule has 0 bridgehead atoms. The minimum atomic E-state index is -1.09. The van der Waals surface area contributed by atoms with Crippen molar-refractivity contribution in [3.8, 4) is 0 Å². The van der Waals surface area contributed by atoms with Crippen LogP contribution in [0.2, 0.25) is 0 Å². The Morgan fingerprint density at radius 1 is 1.29 bits per heavy atom. The molecule has 100 valence electrons. The lowest BCUT2D eigenvalue weighted by Crippen LogP contribution is -2.45. The second-order valence-corrected chi connectivity index (χ2v) is 3.72. The molecule has 0 aromatic rings. The number of hydrogen-bond acceptors (Lipinski definition) is 6. The quantitative estimate of drug-likeness (QED) is 0.277. The molecule has 0 spiro atoms. The van der Waals surface area contributed by atoms with Gasteiger partial charge in [-0.25, -0.2) is 4.79 Å². The highest BCUT2D eigenvalue weighted by Gasteiger charge is 2.35. The number of aliphatic hydroxyl groups excluding tert-OH is 3. The zero-order valence-corrected chi connectivity index (χ0v) is 9.96. The van der Waals surface area contributed by atoms with Crippen LogP contribution < -0.4 is 0 Å². The van der Waals surface area contributed by atoms with Crippen LogP contribution in [0.4, 0.5) is 0 Å². The molecule has 1 unspecified atom stereocenters. The average molecular weight is 248 g/mol. The van der Waals surface area contributed by atoms with Gasteiger partial charge >= 0.3 is 5.97 Å². The second-order valence-electron chi connectivity index (χ2n) is 3.72. The third-order valence-electron chi connectivity index (χ3n) is 2.67. The Morgan fingerprint density at radius 3 is 2.24 bits per heavy atom. The molecule has 6 heteroatoms. The fourth-order valence-corrected chi connectivity index (χ4v) is 1.14. The predicted octanol–water partition coefficient (Wildman–Crippen LogP) is -0.916. The maximum Gasteiger partial charge on any atom is 0.330 e. The summed E-state index contributed by atoms with van der Waals surface area (Å²) in [6, 6.07) is 0. The number of carbonyl (C=O) groups excluding carboxylic acids is 1. The minimum Gasteiger partial charge on any atom is -0.460 e. The Bertz CT molecular complexity index is 228. The van der Waals surface area contributed by atoms with Crippen LogP contribution in [0.1, 0.15) is 6.92 Å². The molecule has 0 rings (SSSR count). The summed E-state index contributed by atoms with van der Waals surface area (Å²) in [7, 11) is 0. The van der Waals surface area contributed by atoms with Gasteiger partial charge in [-0.05, 0) is 6.92 Å². The Balaban J connectivity index is 4.02. The summed E-state index contributed by atoms with van der Waals surface area (Å²) in [5, 5.41) is 27.4. The van der Waals surface area contributed by atoms with Gasteiger partial charge in [0.25, 0.3) is 0 Å². The number of hydrogen-bond donors (Lipinski definition) is 3. The molecule has 0 aliphatic rings. The van der Waals surface area contributed by atoms with Gasteiger partial charge in [0.05, 0.1) is 37.9 Å². The van der Waals surface area contributed by atoms with Crippen molar-refractivity contribution in [1.29, 1.82) is 0 Å². The molecule has 0 aliphatic carbocycles. The molecule has 3 N–H and O–H groups in total. The van der Waals surface area contributed by atoms with Gasteiger partial charge in [-0.1, -0.05) is 6.58 Å². The molecule has 0 amide bonds. The van der Waals surface area contributed by atoms with Gasteiger partial charge in [-0.3, -0.25) is 0 Å². The van der Waals surface area contributed by atoms with E-state index in [1.807, 2.05) is 0 Å². The van der Waals surface area contributed by atoms with Crippen LogP contribution in [0.5, 0.6) is 0 Å². The number of rotatable bonds is 9. The van der Waals surface area contributed by atoms with Gasteiger partial charge in [0.2, 0.25) is 0 Å². The Kier molecular flexibility index (Phi) is 7.73. The van der Waals surface area contributed by atoms with Crippen molar-refractivity contribution >= 4 is 5.97 Å². The lowest BCUT2D eigenvalue weighted by atomic mass is 9.85. The fraction of sp³-hybridized carbons (Fsp3) is 0.727. The van der Waals surface area contributed by atoms with Crippen LogP contribution in [0.25, 0.3) is 0 Å². The summed E-state index contributed by atoms with van der Waals surface area (Å²) in [5.74, 6) is -0.543. The van der Waals surface area contributed by atoms with E-state index in [-0.39, 0.29) is 13.2 Å². The van der Waals surface area contributed by atoms with E-state index in [9.17, 15) is 4.79 Å².